The largest absolute Gasteiger partial charge is 0.354 e. The number of benzene rings is 1. The molecule has 1 aliphatic heterocycles. The van der Waals surface area contributed by atoms with Crippen molar-refractivity contribution in [2.24, 2.45) is 45.4 Å². The summed E-state index contributed by atoms with van der Waals surface area (Å²) in [6.45, 7) is 14.7. The van der Waals surface area contributed by atoms with Crippen LogP contribution < -0.4 is 10.6 Å². The van der Waals surface area contributed by atoms with E-state index in [4.69, 9.17) is 4.99 Å². The van der Waals surface area contributed by atoms with Crippen LogP contribution in [0.15, 0.2) is 136 Å². The molecule has 1 aromatic rings. The van der Waals surface area contributed by atoms with Crippen LogP contribution in [0.1, 0.15) is 90.3 Å². The van der Waals surface area contributed by atoms with Gasteiger partial charge in [-0.15, -0.1) is 0 Å². The molecule has 1 aromatic carbocycles. The molecule has 260 valence electrons. The fourth-order valence-corrected chi connectivity index (χ4v) is 11.7. The predicted octanol–water partition coefficient (Wildman–Crippen LogP) is 10.4. The second-order valence-electron chi connectivity index (χ2n) is 18.2. The van der Waals surface area contributed by atoms with Crippen LogP contribution in [0.5, 0.6) is 0 Å². The SMILES string of the molecule is CC1(C)C2=C(CCC=C2)c2ccc(C3=NC(C4=CC5C(C=C4)C4=C(CCC=C4)C5(C)C)NC(C4C=C5C(=CC4)C4C=CC=CC4C5(C)C)N3)cc21. The number of hydrogen-bond donors (Lipinski definition) is 2. The lowest BCUT2D eigenvalue weighted by Crippen LogP contribution is -2.58. The zero-order valence-corrected chi connectivity index (χ0v) is 31.3. The number of allylic oxidation sites excluding steroid dienone is 17. The highest BCUT2D eigenvalue weighted by molar-refractivity contribution is 6.01. The summed E-state index contributed by atoms with van der Waals surface area (Å²) in [6.07, 6.45) is 37.2. The van der Waals surface area contributed by atoms with E-state index in [0.29, 0.717) is 29.6 Å². The van der Waals surface area contributed by atoms with Crippen LogP contribution >= 0.6 is 0 Å². The Morgan fingerprint density at radius 2 is 1.63 bits per heavy atom. The van der Waals surface area contributed by atoms with Gasteiger partial charge in [-0.05, 0) is 105 Å². The van der Waals surface area contributed by atoms with E-state index in [-0.39, 0.29) is 28.6 Å². The van der Waals surface area contributed by atoms with Crippen molar-refractivity contribution >= 4 is 11.4 Å². The summed E-state index contributed by atoms with van der Waals surface area (Å²) in [5.74, 6) is 3.27. The molecule has 0 aromatic heterocycles. The average Bonchev–Trinajstić information content (AvgIpc) is 3.64. The van der Waals surface area contributed by atoms with E-state index in [2.05, 4.69) is 149 Å². The summed E-state index contributed by atoms with van der Waals surface area (Å²) in [5.41, 5.74) is 15.0. The molecular weight excluding hydrogens is 619 g/mol. The first-order valence-electron chi connectivity index (χ1n) is 19.8. The van der Waals surface area contributed by atoms with E-state index < -0.39 is 0 Å². The molecular formula is C48H53N3. The lowest BCUT2D eigenvalue weighted by atomic mass is 9.71. The van der Waals surface area contributed by atoms with Crippen LogP contribution in [0.25, 0.3) is 5.57 Å². The highest BCUT2D eigenvalue weighted by Gasteiger charge is 2.50. The summed E-state index contributed by atoms with van der Waals surface area (Å²) in [4.78, 5) is 5.56. The lowest BCUT2D eigenvalue weighted by Gasteiger charge is -2.39. The van der Waals surface area contributed by atoms with E-state index >= 15 is 0 Å². The highest BCUT2D eigenvalue weighted by Crippen LogP contribution is 2.58. The molecule has 10 rings (SSSR count). The van der Waals surface area contributed by atoms with Crippen LogP contribution in [0.2, 0.25) is 0 Å². The molecule has 3 heteroatoms. The topological polar surface area (TPSA) is 36.4 Å². The number of nitrogens with one attached hydrogen (secondary N) is 2. The fourth-order valence-electron chi connectivity index (χ4n) is 11.7. The molecule has 1 saturated carbocycles. The van der Waals surface area contributed by atoms with Crippen LogP contribution in [-0.2, 0) is 5.41 Å². The Morgan fingerprint density at radius 3 is 2.51 bits per heavy atom. The quantitative estimate of drug-likeness (QED) is 0.336. The molecule has 1 fully saturated rings. The van der Waals surface area contributed by atoms with Gasteiger partial charge in [-0.25, -0.2) is 4.99 Å². The van der Waals surface area contributed by atoms with Gasteiger partial charge in [0, 0.05) is 28.7 Å². The van der Waals surface area contributed by atoms with Gasteiger partial charge in [-0.3, -0.25) is 5.32 Å². The van der Waals surface area contributed by atoms with Gasteiger partial charge in [0.25, 0.3) is 0 Å². The molecule has 2 N–H and O–H groups in total. The molecule has 0 spiro atoms. The molecule has 7 atom stereocenters. The molecule has 9 aliphatic rings. The zero-order chi connectivity index (χ0) is 34.9. The molecule has 8 aliphatic carbocycles. The third-order valence-corrected chi connectivity index (χ3v) is 14.5. The number of rotatable bonds is 3. The number of hydrogen-bond acceptors (Lipinski definition) is 3. The minimum Gasteiger partial charge on any atom is -0.354 e. The number of amidine groups is 1. The van der Waals surface area contributed by atoms with E-state index in [9.17, 15) is 0 Å². The van der Waals surface area contributed by atoms with Gasteiger partial charge in [0.1, 0.15) is 12.0 Å². The monoisotopic (exact) mass is 671 g/mol. The van der Waals surface area contributed by atoms with Crippen LogP contribution in [0, 0.1) is 40.4 Å². The number of fused-ring (bicyclic) bond motifs is 7. The van der Waals surface area contributed by atoms with Crippen molar-refractivity contribution in [2.75, 3.05) is 0 Å². The highest BCUT2D eigenvalue weighted by atomic mass is 15.3. The summed E-state index contributed by atoms with van der Waals surface area (Å²) >= 11 is 0. The van der Waals surface area contributed by atoms with Gasteiger partial charge < -0.3 is 5.32 Å². The van der Waals surface area contributed by atoms with E-state index in [1.807, 2.05) is 0 Å². The Kier molecular flexibility index (Phi) is 6.87. The second kappa shape index (κ2) is 11.0. The van der Waals surface area contributed by atoms with Gasteiger partial charge in [0.2, 0.25) is 0 Å². The molecule has 3 nitrogen and oxygen atoms in total. The molecule has 51 heavy (non-hydrogen) atoms. The zero-order valence-electron chi connectivity index (χ0n) is 31.3. The second-order valence-corrected chi connectivity index (χ2v) is 18.2. The maximum Gasteiger partial charge on any atom is 0.131 e. The van der Waals surface area contributed by atoms with E-state index in [1.54, 1.807) is 22.3 Å². The minimum atomic E-state index is -0.114. The maximum absolute atomic E-state index is 5.56. The summed E-state index contributed by atoms with van der Waals surface area (Å²) in [7, 11) is 0. The van der Waals surface area contributed by atoms with Crippen LogP contribution in [0.3, 0.4) is 0 Å². The Bertz CT molecular complexity index is 2090. The molecule has 0 saturated heterocycles. The van der Waals surface area contributed by atoms with Crippen molar-refractivity contribution in [3.63, 3.8) is 0 Å². The van der Waals surface area contributed by atoms with Gasteiger partial charge in [-0.1, -0.05) is 138 Å². The first-order chi connectivity index (χ1) is 24.5. The van der Waals surface area contributed by atoms with Crippen molar-refractivity contribution in [3.8, 4) is 0 Å². The standard InChI is InChI=1S/C48H53N3/c1-46(2)37-16-10-7-13-31(37)34-22-19-28(25-40(34)46)43-49-44(29-20-23-35-32-14-8-11-17-38(32)47(3,4)41(35)26-29)51-45(50-43)30-21-24-36-33-15-9-12-18-39(33)48(5,6)42(36)27-30/h7-8,10,12-14,16,18,20-28,31,35,37,41,43-44,49H,9,11,15,17,19H2,1-6H3,(H,50,51). The van der Waals surface area contributed by atoms with Crippen molar-refractivity contribution in [1.82, 2.24) is 10.6 Å². The maximum atomic E-state index is 5.56. The van der Waals surface area contributed by atoms with Gasteiger partial charge in [0.15, 0.2) is 0 Å². The molecule has 0 bridgehead atoms. The molecule has 0 radical (unpaired) electrons. The third-order valence-electron chi connectivity index (χ3n) is 14.5. The molecule has 0 amide bonds. The van der Waals surface area contributed by atoms with Gasteiger partial charge in [-0.2, -0.15) is 0 Å². The Morgan fingerprint density at radius 1 is 0.804 bits per heavy atom. The Hall–Kier alpha value is -3.95. The normalized spacial score (nSPS) is 35.5. The molecule has 7 unspecified atom stereocenters. The average molecular weight is 672 g/mol. The minimum absolute atomic E-state index is 0.00908. The lowest BCUT2D eigenvalue weighted by molar-refractivity contribution is 0.301. The fraction of sp³-hybridized carbons (Fsp3) is 0.438. The van der Waals surface area contributed by atoms with Crippen LogP contribution in [0.4, 0.5) is 0 Å². The summed E-state index contributed by atoms with van der Waals surface area (Å²) in [6, 6.07) is 7.18. The van der Waals surface area contributed by atoms with Gasteiger partial charge in [0.05, 0.1) is 6.17 Å². The van der Waals surface area contributed by atoms with Gasteiger partial charge >= 0.3 is 0 Å². The van der Waals surface area contributed by atoms with Crippen molar-refractivity contribution in [1.29, 1.82) is 0 Å². The first-order valence-corrected chi connectivity index (χ1v) is 19.8. The van der Waals surface area contributed by atoms with Crippen molar-refractivity contribution < 1.29 is 0 Å². The third kappa shape index (κ3) is 4.56. The predicted molar refractivity (Wildman–Crippen MR) is 212 cm³/mol. The van der Waals surface area contributed by atoms with Crippen LogP contribution in [-0.4, -0.2) is 18.2 Å². The summed E-state index contributed by atoms with van der Waals surface area (Å²) in [5, 5.41) is 8.08. The first kappa shape index (κ1) is 31.8. The van der Waals surface area contributed by atoms with Crippen molar-refractivity contribution in [2.45, 2.75) is 91.4 Å². The van der Waals surface area contributed by atoms with E-state index in [0.717, 1.165) is 31.5 Å². The Balaban J connectivity index is 1.03. The van der Waals surface area contributed by atoms with E-state index in [1.165, 1.54) is 39.8 Å². The number of aliphatic imine (C=N–C) groups is 1. The smallest absolute Gasteiger partial charge is 0.131 e. The molecule has 1 heterocycles. The summed E-state index contributed by atoms with van der Waals surface area (Å²) < 4.78 is 0. The number of nitrogens with zero attached hydrogens (tertiary/aromatic N) is 1. The Labute approximate surface area is 305 Å². The van der Waals surface area contributed by atoms with Crippen molar-refractivity contribution in [3.05, 3.63) is 147 Å².